The van der Waals surface area contributed by atoms with Gasteiger partial charge >= 0.3 is 5.97 Å². The molecule has 2 N–H and O–H groups in total. The fraction of sp³-hybridized carbons (Fsp3) is 0.316. The van der Waals surface area contributed by atoms with Crippen LogP contribution in [-0.4, -0.2) is 25.5 Å². The average molecular weight is 433 g/mol. The van der Waals surface area contributed by atoms with Gasteiger partial charge in [0.15, 0.2) is 12.4 Å². The molecule has 1 aromatic carbocycles. The fourth-order valence-corrected chi connectivity index (χ4v) is 3.62. The van der Waals surface area contributed by atoms with Gasteiger partial charge in [-0.05, 0) is 24.6 Å². The number of hydrogen-bond acceptors (Lipinski definition) is 7. The lowest BCUT2D eigenvalue weighted by molar-refractivity contribution is -0.142. The van der Waals surface area contributed by atoms with Gasteiger partial charge in [-0.1, -0.05) is 15.9 Å². The van der Waals surface area contributed by atoms with E-state index in [4.69, 9.17) is 15.2 Å². The van der Waals surface area contributed by atoms with Gasteiger partial charge in [0, 0.05) is 28.5 Å². The van der Waals surface area contributed by atoms with Crippen molar-refractivity contribution in [3.63, 3.8) is 0 Å². The number of carbonyl (C=O) groups is 2. The van der Waals surface area contributed by atoms with Gasteiger partial charge in [-0.15, -0.1) is 0 Å². The molecule has 7 nitrogen and oxygen atoms in total. The van der Waals surface area contributed by atoms with Crippen molar-refractivity contribution < 1.29 is 23.8 Å². The van der Waals surface area contributed by atoms with Gasteiger partial charge in [0.2, 0.25) is 5.88 Å². The summed E-state index contributed by atoms with van der Waals surface area (Å²) >= 11 is 3.41. The Morgan fingerprint density at radius 1 is 1.44 bits per heavy atom. The van der Waals surface area contributed by atoms with Gasteiger partial charge in [-0.25, -0.2) is 4.79 Å². The largest absolute Gasteiger partial charge is 0.482 e. The lowest BCUT2D eigenvalue weighted by Gasteiger charge is -2.31. The number of benzene rings is 1. The second-order valence-corrected chi connectivity index (χ2v) is 7.00. The SMILES string of the molecule is COC(=O)COc1ccc(Br)cc1[C@H]1C(C#N)=C(N)OC2=C1C(=O)CCC2. The topological polar surface area (TPSA) is 112 Å². The van der Waals surface area contributed by atoms with Crippen molar-refractivity contribution in [2.45, 2.75) is 25.2 Å². The molecule has 2 aliphatic rings. The third-order valence-corrected chi connectivity index (χ3v) is 4.95. The lowest BCUT2D eigenvalue weighted by Crippen LogP contribution is -2.28. The van der Waals surface area contributed by atoms with E-state index in [9.17, 15) is 14.9 Å². The number of esters is 1. The third kappa shape index (κ3) is 3.69. The Hall–Kier alpha value is -2.79. The van der Waals surface area contributed by atoms with Crippen LogP contribution in [0.4, 0.5) is 0 Å². The number of allylic oxidation sites excluding steroid dienone is 3. The van der Waals surface area contributed by atoms with E-state index in [-0.39, 0.29) is 23.8 Å². The highest BCUT2D eigenvalue weighted by Crippen LogP contribution is 2.46. The third-order valence-electron chi connectivity index (χ3n) is 4.46. The lowest BCUT2D eigenvalue weighted by atomic mass is 9.77. The molecule has 0 unspecified atom stereocenters. The molecule has 1 heterocycles. The second-order valence-electron chi connectivity index (χ2n) is 6.09. The Labute approximate surface area is 164 Å². The van der Waals surface area contributed by atoms with Crippen LogP contribution in [0, 0.1) is 11.3 Å². The Morgan fingerprint density at radius 2 is 2.22 bits per heavy atom. The maximum absolute atomic E-state index is 12.7. The van der Waals surface area contributed by atoms with Gasteiger partial charge < -0.3 is 19.9 Å². The number of hydrogen-bond donors (Lipinski definition) is 1. The monoisotopic (exact) mass is 432 g/mol. The quantitative estimate of drug-likeness (QED) is 0.727. The van der Waals surface area contributed by atoms with Crippen molar-refractivity contribution in [1.29, 1.82) is 5.26 Å². The van der Waals surface area contributed by atoms with Crippen molar-refractivity contribution in [3.8, 4) is 11.8 Å². The molecule has 0 aromatic heterocycles. The van der Waals surface area contributed by atoms with E-state index < -0.39 is 11.9 Å². The van der Waals surface area contributed by atoms with Crippen molar-refractivity contribution in [3.05, 3.63) is 51.0 Å². The van der Waals surface area contributed by atoms with Gasteiger partial charge in [0.25, 0.3) is 0 Å². The molecule has 0 saturated heterocycles. The smallest absolute Gasteiger partial charge is 0.343 e. The first-order chi connectivity index (χ1) is 13.0. The number of halogens is 1. The summed E-state index contributed by atoms with van der Waals surface area (Å²) in [4.78, 5) is 24.1. The minimum Gasteiger partial charge on any atom is -0.482 e. The summed E-state index contributed by atoms with van der Waals surface area (Å²) in [6.07, 6.45) is 1.62. The number of rotatable bonds is 4. The molecule has 0 saturated carbocycles. The minimum atomic E-state index is -0.711. The van der Waals surface area contributed by atoms with Crippen molar-refractivity contribution >= 4 is 27.7 Å². The maximum atomic E-state index is 12.7. The van der Waals surface area contributed by atoms with Crippen molar-refractivity contribution in [2.75, 3.05) is 13.7 Å². The summed E-state index contributed by atoms with van der Waals surface area (Å²) in [6.45, 7) is -0.296. The van der Waals surface area contributed by atoms with E-state index in [0.29, 0.717) is 41.9 Å². The average Bonchev–Trinajstić information content (AvgIpc) is 2.65. The van der Waals surface area contributed by atoms with E-state index in [1.807, 2.05) is 0 Å². The zero-order chi connectivity index (χ0) is 19.6. The predicted octanol–water partition coefficient (Wildman–Crippen LogP) is 2.82. The van der Waals surface area contributed by atoms with Crippen LogP contribution < -0.4 is 10.5 Å². The number of nitrogens with zero attached hydrogens (tertiary/aromatic N) is 1. The first kappa shape index (κ1) is 19.0. The van der Waals surface area contributed by atoms with Gasteiger partial charge in [-0.2, -0.15) is 5.26 Å². The van der Waals surface area contributed by atoms with Crippen LogP contribution in [0.15, 0.2) is 45.5 Å². The summed E-state index contributed by atoms with van der Waals surface area (Å²) in [5, 5.41) is 9.66. The van der Waals surface area contributed by atoms with Gasteiger partial charge in [0.1, 0.15) is 23.2 Å². The van der Waals surface area contributed by atoms with Crippen LogP contribution in [-0.2, 0) is 19.1 Å². The number of ketones is 1. The van der Waals surface area contributed by atoms with Crippen molar-refractivity contribution in [2.24, 2.45) is 5.73 Å². The number of Topliss-reactive ketones (excluding diaryl/α,β-unsaturated/α-hetero) is 1. The van der Waals surface area contributed by atoms with E-state index in [2.05, 4.69) is 26.7 Å². The number of ether oxygens (including phenoxy) is 3. The Morgan fingerprint density at radius 3 is 2.93 bits per heavy atom. The van der Waals surface area contributed by atoms with Crippen LogP contribution >= 0.6 is 15.9 Å². The van der Waals surface area contributed by atoms with Crippen LogP contribution in [0.2, 0.25) is 0 Å². The first-order valence-corrected chi connectivity index (χ1v) is 9.08. The standard InChI is InChI=1S/C19H17BrN2O5/c1-25-16(24)9-26-14-6-5-10(20)7-11(14)17-12(8-21)19(22)27-15-4-2-3-13(23)18(15)17/h5-7,17H,2-4,9,22H2,1H3/t17-/m0/s1. The molecular formula is C19H17BrN2O5. The molecule has 1 aliphatic heterocycles. The summed E-state index contributed by atoms with van der Waals surface area (Å²) in [5.41, 5.74) is 7.09. The van der Waals surface area contributed by atoms with Crippen molar-refractivity contribution in [1.82, 2.24) is 0 Å². The van der Waals surface area contributed by atoms with E-state index in [0.717, 1.165) is 4.47 Å². The first-order valence-electron chi connectivity index (χ1n) is 8.29. The van der Waals surface area contributed by atoms with E-state index in [1.165, 1.54) is 7.11 Å². The van der Waals surface area contributed by atoms with Crippen LogP contribution in [0.3, 0.4) is 0 Å². The van der Waals surface area contributed by atoms with Gasteiger partial charge in [-0.3, -0.25) is 4.79 Å². The molecule has 140 valence electrons. The molecule has 8 heteroatoms. The number of nitriles is 1. The fourth-order valence-electron chi connectivity index (χ4n) is 3.24. The Balaban J connectivity index is 2.13. The Kier molecular flexibility index (Phi) is 5.51. The molecule has 0 amide bonds. The van der Waals surface area contributed by atoms with Crippen LogP contribution in [0.5, 0.6) is 5.75 Å². The summed E-state index contributed by atoms with van der Waals surface area (Å²) in [5.74, 6) is -0.500. The Bertz CT molecular complexity index is 913. The van der Waals surface area contributed by atoms with E-state index >= 15 is 0 Å². The molecule has 3 rings (SSSR count). The zero-order valence-corrected chi connectivity index (χ0v) is 16.2. The molecular weight excluding hydrogens is 416 g/mol. The van der Waals surface area contributed by atoms with Crippen LogP contribution in [0.25, 0.3) is 0 Å². The van der Waals surface area contributed by atoms with E-state index in [1.54, 1.807) is 18.2 Å². The highest BCUT2D eigenvalue weighted by atomic mass is 79.9. The second kappa shape index (κ2) is 7.84. The highest BCUT2D eigenvalue weighted by Gasteiger charge is 2.39. The zero-order valence-electron chi connectivity index (χ0n) is 14.6. The molecule has 0 spiro atoms. The van der Waals surface area contributed by atoms with Crippen LogP contribution in [0.1, 0.15) is 30.7 Å². The maximum Gasteiger partial charge on any atom is 0.343 e. The summed E-state index contributed by atoms with van der Waals surface area (Å²) in [6, 6.07) is 7.21. The highest BCUT2D eigenvalue weighted by molar-refractivity contribution is 9.10. The molecule has 1 atom stereocenters. The normalized spacial score (nSPS) is 19.1. The number of nitrogens with two attached hydrogens (primary N) is 1. The van der Waals surface area contributed by atoms with Gasteiger partial charge in [0.05, 0.1) is 13.0 Å². The molecule has 0 radical (unpaired) electrons. The molecule has 27 heavy (non-hydrogen) atoms. The molecule has 1 aliphatic carbocycles. The summed E-state index contributed by atoms with van der Waals surface area (Å²) in [7, 11) is 1.27. The molecule has 1 aromatic rings. The number of methoxy groups -OCH3 is 1. The number of carbonyl (C=O) groups excluding carboxylic acids is 2. The molecule has 0 fully saturated rings. The minimum absolute atomic E-state index is 0.0187. The molecule has 0 bridgehead atoms. The predicted molar refractivity (Wildman–Crippen MR) is 98.2 cm³/mol. The summed E-state index contributed by atoms with van der Waals surface area (Å²) < 4.78 is 16.5.